The molecule has 0 bridgehead atoms. The summed E-state index contributed by atoms with van der Waals surface area (Å²) in [4.78, 5) is 19.6. The number of hydrogen-bond donors (Lipinski definition) is 1. The molecule has 1 atom stereocenters. The number of carbonyl (C=O) groups excluding carboxylic acids is 1. The van der Waals surface area contributed by atoms with Crippen molar-refractivity contribution in [3.05, 3.63) is 77.9 Å². The molecule has 3 aromatic rings. The number of nitrogens with two attached hydrogens (primary N) is 1. The molecular formula is C21H21N3O3. The molecule has 1 amide bonds. The van der Waals surface area contributed by atoms with Crippen LogP contribution in [0.1, 0.15) is 35.0 Å². The molecule has 0 fully saturated rings. The summed E-state index contributed by atoms with van der Waals surface area (Å²) >= 11 is 0. The van der Waals surface area contributed by atoms with Crippen LogP contribution in [0.4, 0.5) is 0 Å². The Morgan fingerprint density at radius 3 is 2.70 bits per heavy atom. The monoisotopic (exact) mass is 363 g/mol. The molecule has 3 rings (SSSR count). The Kier molecular flexibility index (Phi) is 5.99. The lowest BCUT2D eigenvalue weighted by Crippen LogP contribution is -2.10. The van der Waals surface area contributed by atoms with E-state index in [1.54, 1.807) is 24.6 Å². The highest BCUT2D eigenvalue weighted by atomic mass is 16.5. The molecule has 6 heteroatoms. The molecule has 2 aromatic heterocycles. The van der Waals surface area contributed by atoms with Gasteiger partial charge in [-0.2, -0.15) is 0 Å². The molecule has 0 spiro atoms. The predicted molar refractivity (Wildman–Crippen MR) is 103 cm³/mol. The summed E-state index contributed by atoms with van der Waals surface area (Å²) in [5.74, 6) is 1.34. The van der Waals surface area contributed by atoms with E-state index in [9.17, 15) is 4.79 Å². The summed E-state index contributed by atoms with van der Waals surface area (Å²) in [7, 11) is 0. The van der Waals surface area contributed by atoms with E-state index in [-0.39, 0.29) is 6.04 Å². The summed E-state index contributed by atoms with van der Waals surface area (Å²) in [5, 5.41) is 0. The van der Waals surface area contributed by atoms with Crippen LogP contribution in [0.2, 0.25) is 0 Å². The van der Waals surface area contributed by atoms with E-state index in [0.29, 0.717) is 17.2 Å². The highest BCUT2D eigenvalue weighted by molar-refractivity contribution is 5.92. The zero-order valence-electron chi connectivity index (χ0n) is 15.0. The van der Waals surface area contributed by atoms with Crippen LogP contribution >= 0.6 is 0 Å². The normalized spacial score (nSPS) is 12.2. The first-order valence-electron chi connectivity index (χ1n) is 8.69. The third-order valence-electron chi connectivity index (χ3n) is 4.02. The van der Waals surface area contributed by atoms with Gasteiger partial charge in [0.25, 0.3) is 0 Å². The van der Waals surface area contributed by atoms with E-state index in [2.05, 4.69) is 16.9 Å². The second-order valence-corrected chi connectivity index (χ2v) is 6.18. The van der Waals surface area contributed by atoms with Gasteiger partial charge in [0.05, 0.1) is 18.0 Å². The van der Waals surface area contributed by atoms with Crippen LogP contribution in [0.25, 0.3) is 0 Å². The first-order valence-corrected chi connectivity index (χ1v) is 8.69. The van der Waals surface area contributed by atoms with Gasteiger partial charge in [-0.15, -0.1) is 0 Å². The minimum absolute atomic E-state index is 0.207. The lowest BCUT2D eigenvalue weighted by Gasteiger charge is -2.08. The Morgan fingerprint density at radius 1 is 1.26 bits per heavy atom. The van der Waals surface area contributed by atoms with Crippen LogP contribution in [0, 0.1) is 0 Å². The number of primary amides is 1. The maximum atomic E-state index is 11.0. The van der Waals surface area contributed by atoms with Gasteiger partial charge in [-0.25, -0.2) is 4.98 Å². The van der Waals surface area contributed by atoms with Crippen LogP contribution in [-0.2, 0) is 6.42 Å². The van der Waals surface area contributed by atoms with Gasteiger partial charge < -0.3 is 14.9 Å². The zero-order valence-corrected chi connectivity index (χ0v) is 15.0. The van der Waals surface area contributed by atoms with Gasteiger partial charge in [-0.05, 0) is 55.7 Å². The Hall–Kier alpha value is -3.41. The number of pyridine rings is 1. The van der Waals surface area contributed by atoms with E-state index in [4.69, 9.17) is 14.9 Å². The van der Waals surface area contributed by atoms with Crippen molar-refractivity contribution in [2.45, 2.75) is 25.8 Å². The number of aromatic nitrogens is 1. The van der Waals surface area contributed by atoms with Crippen molar-refractivity contribution in [1.29, 1.82) is 0 Å². The molecule has 0 aliphatic carbocycles. The number of amides is 1. The molecule has 0 saturated carbocycles. The highest BCUT2D eigenvalue weighted by Gasteiger charge is 2.04. The molecule has 2 N–H and O–H groups in total. The standard InChI is InChI=1S/C21H21N3O3/c1-15(23-14-19-3-2-12-26-19)4-5-16-6-9-18(10-7-16)27-20-11-8-17(13-24-20)21(22)25/h2-3,6-15H,4-5H2,1H3,(H2,22,25). The van der Waals surface area contributed by atoms with E-state index >= 15 is 0 Å². The number of benzene rings is 1. The third-order valence-corrected chi connectivity index (χ3v) is 4.02. The third kappa shape index (κ3) is 5.54. The van der Waals surface area contributed by atoms with Gasteiger partial charge in [0.15, 0.2) is 0 Å². The Labute approximate surface area is 157 Å². The van der Waals surface area contributed by atoms with Gasteiger partial charge in [0.2, 0.25) is 11.8 Å². The molecule has 138 valence electrons. The average Bonchev–Trinajstić information content (AvgIpc) is 3.20. The number of carbonyl (C=O) groups is 1. The molecule has 1 unspecified atom stereocenters. The van der Waals surface area contributed by atoms with Gasteiger partial charge in [-0.3, -0.25) is 9.79 Å². The first-order chi connectivity index (χ1) is 13.1. The Balaban J connectivity index is 1.50. The van der Waals surface area contributed by atoms with Gasteiger partial charge in [0, 0.05) is 18.3 Å². The topological polar surface area (TPSA) is 90.7 Å². The molecule has 27 heavy (non-hydrogen) atoms. The fourth-order valence-corrected chi connectivity index (χ4v) is 2.45. The highest BCUT2D eigenvalue weighted by Crippen LogP contribution is 2.20. The first kappa shape index (κ1) is 18.4. The van der Waals surface area contributed by atoms with E-state index in [0.717, 1.165) is 18.6 Å². The van der Waals surface area contributed by atoms with Crippen molar-refractivity contribution in [2.75, 3.05) is 0 Å². The summed E-state index contributed by atoms with van der Waals surface area (Å²) in [6, 6.07) is 15.0. The number of aliphatic imine (C=N–C) groups is 1. The zero-order chi connectivity index (χ0) is 19.1. The number of hydrogen-bond acceptors (Lipinski definition) is 5. The number of ether oxygens (including phenoxy) is 1. The van der Waals surface area contributed by atoms with Gasteiger partial charge >= 0.3 is 0 Å². The molecule has 0 saturated heterocycles. The smallest absolute Gasteiger partial charge is 0.250 e. The lowest BCUT2D eigenvalue weighted by molar-refractivity contribution is 0.1000. The van der Waals surface area contributed by atoms with Crippen molar-refractivity contribution in [2.24, 2.45) is 10.7 Å². The molecule has 0 aliphatic heterocycles. The summed E-state index contributed by atoms with van der Waals surface area (Å²) in [6.07, 6.45) is 6.65. The van der Waals surface area contributed by atoms with Crippen LogP contribution in [-0.4, -0.2) is 23.1 Å². The predicted octanol–water partition coefficient (Wildman–Crippen LogP) is 4.01. The second-order valence-electron chi connectivity index (χ2n) is 6.18. The number of rotatable bonds is 8. The lowest BCUT2D eigenvalue weighted by atomic mass is 10.1. The molecule has 0 aliphatic rings. The van der Waals surface area contributed by atoms with Crippen LogP contribution in [0.3, 0.4) is 0 Å². The van der Waals surface area contributed by atoms with E-state index in [1.165, 1.54) is 11.8 Å². The van der Waals surface area contributed by atoms with Crippen LogP contribution in [0.5, 0.6) is 11.6 Å². The molecule has 6 nitrogen and oxygen atoms in total. The van der Waals surface area contributed by atoms with Gasteiger partial charge in [-0.1, -0.05) is 12.1 Å². The Bertz CT molecular complexity index is 885. The SMILES string of the molecule is CC(CCc1ccc(Oc2ccc(C(N)=O)cn2)cc1)N=Cc1ccco1. The van der Waals surface area contributed by atoms with Crippen molar-refractivity contribution in [3.63, 3.8) is 0 Å². The summed E-state index contributed by atoms with van der Waals surface area (Å²) < 4.78 is 10.9. The number of aryl methyl sites for hydroxylation is 1. The number of nitrogens with zero attached hydrogens (tertiary/aromatic N) is 2. The molecular weight excluding hydrogens is 342 g/mol. The second kappa shape index (κ2) is 8.80. The Morgan fingerprint density at radius 2 is 2.07 bits per heavy atom. The molecule has 0 radical (unpaired) electrons. The van der Waals surface area contributed by atoms with Crippen molar-refractivity contribution < 1.29 is 13.9 Å². The summed E-state index contributed by atoms with van der Waals surface area (Å²) in [6.45, 7) is 2.08. The fourth-order valence-electron chi connectivity index (χ4n) is 2.45. The summed E-state index contributed by atoms with van der Waals surface area (Å²) in [5.41, 5.74) is 6.75. The van der Waals surface area contributed by atoms with Gasteiger partial charge in [0.1, 0.15) is 11.5 Å². The number of furan rings is 1. The average molecular weight is 363 g/mol. The molecule has 2 heterocycles. The van der Waals surface area contributed by atoms with Crippen LogP contribution in [0.15, 0.2) is 70.4 Å². The minimum Gasteiger partial charge on any atom is -0.463 e. The van der Waals surface area contributed by atoms with E-state index < -0.39 is 5.91 Å². The molecule has 1 aromatic carbocycles. The maximum absolute atomic E-state index is 11.0. The largest absolute Gasteiger partial charge is 0.463 e. The van der Waals surface area contributed by atoms with Crippen LogP contribution < -0.4 is 10.5 Å². The van der Waals surface area contributed by atoms with Crippen molar-refractivity contribution in [3.8, 4) is 11.6 Å². The maximum Gasteiger partial charge on any atom is 0.250 e. The van der Waals surface area contributed by atoms with E-state index in [1.807, 2.05) is 36.4 Å². The fraction of sp³-hybridized carbons (Fsp3) is 0.190. The van der Waals surface area contributed by atoms with Crippen molar-refractivity contribution >= 4 is 12.1 Å². The van der Waals surface area contributed by atoms with Crippen molar-refractivity contribution in [1.82, 2.24) is 4.98 Å². The quantitative estimate of drug-likeness (QED) is 0.612. The minimum atomic E-state index is -0.513.